The third-order valence-electron chi connectivity index (χ3n) is 3.81. The van der Waals surface area contributed by atoms with E-state index in [1.165, 1.54) is 6.07 Å². The highest BCUT2D eigenvalue weighted by Crippen LogP contribution is 2.28. The molecule has 20 heavy (non-hydrogen) atoms. The largest absolute Gasteiger partial charge is 0.294 e. The number of benzene rings is 2. The molecule has 0 aliphatic heterocycles. The van der Waals surface area contributed by atoms with Gasteiger partial charge in [0, 0.05) is 16.5 Å². The summed E-state index contributed by atoms with van der Waals surface area (Å²) in [5, 5.41) is 0. The van der Waals surface area contributed by atoms with E-state index in [0.717, 1.165) is 12.0 Å². The zero-order valence-corrected chi connectivity index (χ0v) is 12.1. The summed E-state index contributed by atoms with van der Waals surface area (Å²) in [6, 6.07) is 14.1. The quantitative estimate of drug-likeness (QED) is 0.705. The molecule has 0 radical (unpaired) electrons. The maximum absolute atomic E-state index is 14.2. The van der Waals surface area contributed by atoms with Crippen molar-refractivity contribution in [3.63, 3.8) is 0 Å². The van der Waals surface area contributed by atoms with Gasteiger partial charge in [-0.15, -0.1) is 0 Å². The molecule has 0 N–H and O–H groups in total. The molecular formula is C18H19FO. The van der Waals surface area contributed by atoms with E-state index in [2.05, 4.69) is 0 Å². The fourth-order valence-corrected chi connectivity index (χ4v) is 2.06. The minimum atomic E-state index is -0.458. The van der Waals surface area contributed by atoms with E-state index in [1.807, 2.05) is 51.1 Å². The van der Waals surface area contributed by atoms with Crippen LogP contribution in [0.25, 0.3) is 11.1 Å². The van der Waals surface area contributed by atoms with E-state index in [-0.39, 0.29) is 11.6 Å². The first-order valence-electron chi connectivity index (χ1n) is 6.85. The molecular weight excluding hydrogens is 251 g/mol. The maximum atomic E-state index is 14.2. The molecule has 0 bridgehead atoms. The van der Waals surface area contributed by atoms with E-state index in [4.69, 9.17) is 0 Å². The molecule has 1 nitrogen and oxygen atoms in total. The van der Waals surface area contributed by atoms with Gasteiger partial charge in [-0.1, -0.05) is 63.2 Å². The Hall–Kier alpha value is -1.96. The first-order chi connectivity index (χ1) is 9.45. The average Bonchev–Trinajstić information content (AvgIpc) is 2.47. The lowest BCUT2D eigenvalue weighted by Crippen LogP contribution is -2.23. The summed E-state index contributed by atoms with van der Waals surface area (Å²) in [7, 11) is 0. The Balaban J connectivity index is 2.39. The van der Waals surface area contributed by atoms with Crippen molar-refractivity contribution in [2.24, 2.45) is 5.41 Å². The van der Waals surface area contributed by atoms with Gasteiger partial charge >= 0.3 is 0 Å². The van der Waals surface area contributed by atoms with Gasteiger partial charge in [-0.25, -0.2) is 4.39 Å². The van der Waals surface area contributed by atoms with Crippen molar-refractivity contribution in [1.29, 1.82) is 0 Å². The van der Waals surface area contributed by atoms with Crippen molar-refractivity contribution in [3.05, 3.63) is 59.9 Å². The molecule has 0 unspecified atom stereocenters. The number of carbonyl (C=O) groups excluding carboxylic acids is 1. The van der Waals surface area contributed by atoms with Crippen LogP contribution in [0.3, 0.4) is 0 Å². The molecule has 0 amide bonds. The molecule has 0 spiro atoms. The van der Waals surface area contributed by atoms with Crippen molar-refractivity contribution in [2.75, 3.05) is 0 Å². The van der Waals surface area contributed by atoms with Gasteiger partial charge in [0.1, 0.15) is 5.82 Å². The Bertz CT molecular complexity index is 615. The predicted molar refractivity (Wildman–Crippen MR) is 80.2 cm³/mol. The summed E-state index contributed by atoms with van der Waals surface area (Å²) in [6.45, 7) is 5.74. The number of halogens is 1. The van der Waals surface area contributed by atoms with Crippen molar-refractivity contribution >= 4 is 5.78 Å². The Labute approximate surface area is 119 Å². The first-order valence-corrected chi connectivity index (χ1v) is 6.85. The molecule has 0 aromatic heterocycles. The van der Waals surface area contributed by atoms with Crippen LogP contribution in [-0.2, 0) is 0 Å². The third-order valence-corrected chi connectivity index (χ3v) is 3.81. The Morgan fingerprint density at radius 1 is 1.10 bits per heavy atom. The van der Waals surface area contributed by atoms with Gasteiger partial charge in [0.15, 0.2) is 5.78 Å². The van der Waals surface area contributed by atoms with Gasteiger partial charge in [-0.3, -0.25) is 4.79 Å². The van der Waals surface area contributed by atoms with Crippen molar-refractivity contribution in [3.8, 4) is 11.1 Å². The van der Waals surface area contributed by atoms with Gasteiger partial charge in [-0.2, -0.15) is 0 Å². The highest BCUT2D eigenvalue weighted by molar-refractivity contribution is 6.00. The summed E-state index contributed by atoms with van der Waals surface area (Å²) in [6.07, 6.45) is 0.730. The molecule has 2 heteroatoms. The highest BCUT2D eigenvalue weighted by atomic mass is 19.1. The summed E-state index contributed by atoms with van der Waals surface area (Å²) in [5.74, 6) is -0.368. The van der Waals surface area contributed by atoms with Gasteiger partial charge in [0.05, 0.1) is 0 Å². The molecule has 2 aromatic rings. The van der Waals surface area contributed by atoms with E-state index >= 15 is 0 Å². The minimum Gasteiger partial charge on any atom is -0.294 e. The molecule has 0 aliphatic carbocycles. The van der Waals surface area contributed by atoms with Crippen LogP contribution in [0.2, 0.25) is 0 Å². The number of ketones is 1. The SMILES string of the molecule is CCC(C)(C)C(=O)c1ccc(-c2ccccc2)c(F)c1. The molecule has 0 saturated carbocycles. The average molecular weight is 270 g/mol. The van der Waals surface area contributed by atoms with Gasteiger partial charge < -0.3 is 0 Å². The number of rotatable bonds is 4. The van der Waals surface area contributed by atoms with Crippen LogP contribution in [0.15, 0.2) is 48.5 Å². The Morgan fingerprint density at radius 2 is 1.75 bits per heavy atom. The van der Waals surface area contributed by atoms with E-state index in [1.54, 1.807) is 12.1 Å². The smallest absolute Gasteiger partial charge is 0.168 e. The molecule has 0 heterocycles. The Morgan fingerprint density at radius 3 is 2.30 bits per heavy atom. The summed E-state index contributed by atoms with van der Waals surface area (Å²) in [4.78, 5) is 12.3. The lowest BCUT2D eigenvalue weighted by molar-refractivity contribution is 0.0832. The molecule has 0 atom stereocenters. The maximum Gasteiger partial charge on any atom is 0.168 e. The highest BCUT2D eigenvalue weighted by Gasteiger charge is 2.27. The molecule has 2 rings (SSSR count). The van der Waals surface area contributed by atoms with E-state index < -0.39 is 5.41 Å². The number of Topliss-reactive ketones (excluding diaryl/α,β-unsaturated/α-hetero) is 1. The van der Waals surface area contributed by atoms with Crippen molar-refractivity contribution in [2.45, 2.75) is 27.2 Å². The third kappa shape index (κ3) is 2.79. The van der Waals surface area contributed by atoms with E-state index in [9.17, 15) is 9.18 Å². The van der Waals surface area contributed by atoms with Crippen LogP contribution in [0, 0.1) is 11.2 Å². The normalized spacial score (nSPS) is 11.4. The summed E-state index contributed by atoms with van der Waals surface area (Å²) in [5.41, 5.74) is 1.32. The van der Waals surface area contributed by atoms with Crippen molar-refractivity contribution in [1.82, 2.24) is 0 Å². The standard InChI is InChI=1S/C18H19FO/c1-4-18(2,3)17(20)14-10-11-15(16(19)12-14)13-8-6-5-7-9-13/h5-12H,4H2,1-3H3. The van der Waals surface area contributed by atoms with Crippen LogP contribution < -0.4 is 0 Å². The molecule has 104 valence electrons. The summed E-state index contributed by atoms with van der Waals surface area (Å²) < 4.78 is 14.2. The second-order valence-corrected chi connectivity index (χ2v) is 5.63. The van der Waals surface area contributed by atoms with Gasteiger partial charge in [0.2, 0.25) is 0 Å². The zero-order valence-electron chi connectivity index (χ0n) is 12.1. The van der Waals surface area contributed by atoms with Crippen LogP contribution in [0.5, 0.6) is 0 Å². The molecule has 0 saturated heterocycles. The van der Waals surface area contributed by atoms with Crippen LogP contribution in [0.4, 0.5) is 4.39 Å². The fourth-order valence-electron chi connectivity index (χ4n) is 2.06. The van der Waals surface area contributed by atoms with Crippen LogP contribution in [-0.4, -0.2) is 5.78 Å². The predicted octanol–water partition coefficient (Wildman–Crippen LogP) is 5.11. The number of carbonyl (C=O) groups is 1. The van der Waals surface area contributed by atoms with Crippen LogP contribution >= 0.6 is 0 Å². The van der Waals surface area contributed by atoms with Crippen LogP contribution in [0.1, 0.15) is 37.6 Å². The first kappa shape index (κ1) is 14.4. The molecule has 2 aromatic carbocycles. The van der Waals surface area contributed by atoms with Gasteiger partial charge in [-0.05, 0) is 18.1 Å². The van der Waals surface area contributed by atoms with E-state index in [0.29, 0.717) is 11.1 Å². The summed E-state index contributed by atoms with van der Waals surface area (Å²) >= 11 is 0. The fraction of sp³-hybridized carbons (Fsp3) is 0.278. The lowest BCUT2D eigenvalue weighted by atomic mass is 9.81. The minimum absolute atomic E-state index is 0.0153. The molecule has 0 aliphatic rings. The second-order valence-electron chi connectivity index (χ2n) is 5.63. The topological polar surface area (TPSA) is 17.1 Å². The number of hydrogen-bond donors (Lipinski definition) is 0. The lowest BCUT2D eigenvalue weighted by Gasteiger charge is -2.21. The zero-order chi connectivity index (χ0) is 14.8. The van der Waals surface area contributed by atoms with Gasteiger partial charge in [0.25, 0.3) is 0 Å². The number of hydrogen-bond acceptors (Lipinski definition) is 1. The monoisotopic (exact) mass is 270 g/mol. The second kappa shape index (κ2) is 5.58. The molecule has 0 fully saturated rings. The van der Waals surface area contributed by atoms with Crippen molar-refractivity contribution < 1.29 is 9.18 Å². The Kier molecular flexibility index (Phi) is 4.03.